The Bertz CT molecular complexity index is 2560. The minimum atomic E-state index is -2.54. The molecule has 2 heterocycles. The van der Waals surface area contributed by atoms with Gasteiger partial charge in [0.25, 0.3) is 0 Å². The molecular weight excluding hydrogens is 789 g/mol. The van der Waals surface area contributed by atoms with Crippen LogP contribution in [0, 0.1) is 0 Å². The number of rotatable bonds is 12. The normalized spacial score (nSPS) is 15.7. The summed E-state index contributed by atoms with van der Waals surface area (Å²) in [6.07, 6.45) is 1.11. The molecule has 63 heavy (non-hydrogen) atoms. The van der Waals surface area contributed by atoms with Crippen molar-refractivity contribution in [2.24, 2.45) is 0 Å². The smallest absolute Gasteiger partial charge is 0.0622 e. The highest BCUT2D eigenvalue weighted by atomic mass is 28.3. The Morgan fingerprint density at radius 3 is 0.556 bits per heavy atom. The van der Waals surface area contributed by atoms with Crippen molar-refractivity contribution in [3.63, 3.8) is 0 Å². The van der Waals surface area contributed by atoms with Crippen LogP contribution >= 0.6 is 0 Å². The number of hydrogen-bond acceptors (Lipinski definition) is 0. The van der Waals surface area contributed by atoms with Gasteiger partial charge in [0.1, 0.15) is 16.1 Å². The van der Waals surface area contributed by atoms with Gasteiger partial charge in [-0.15, -0.1) is 0 Å². The molecule has 0 aliphatic carbocycles. The summed E-state index contributed by atoms with van der Waals surface area (Å²) in [7, 11) is -5.08. The van der Waals surface area contributed by atoms with Crippen LogP contribution in [0.25, 0.3) is 43.1 Å². The summed E-state index contributed by atoms with van der Waals surface area (Å²) in [5.41, 5.74) is 16.2. The highest BCUT2D eigenvalue weighted by Gasteiger charge is 2.50. The van der Waals surface area contributed by atoms with E-state index in [1.165, 1.54) is 66.8 Å². The van der Waals surface area contributed by atoms with E-state index >= 15 is 0 Å². The summed E-state index contributed by atoms with van der Waals surface area (Å²) in [5, 5.41) is 6.21. The second-order valence-corrected chi connectivity index (χ2v) is 25.8. The second-order valence-electron chi connectivity index (χ2n) is 17.4. The van der Waals surface area contributed by atoms with Crippen LogP contribution < -0.4 is 0 Å². The lowest BCUT2D eigenvalue weighted by Crippen LogP contribution is -2.36. The van der Waals surface area contributed by atoms with Crippen molar-refractivity contribution in [3.8, 4) is 0 Å². The van der Waals surface area contributed by atoms with E-state index in [0.717, 1.165) is 18.5 Å². The lowest BCUT2D eigenvalue weighted by molar-refractivity contribution is 1.03. The molecule has 8 aromatic carbocycles. The SMILES string of the molecule is C[Si]1(CCC[Si]2(C)C(c3ccccc3)=C(c3ccccc3)C(c3ccccc3)=C2c2ccccc2)C(c2ccccc2)=C(c2ccccc2)C(c2ccccc2)=C1c1ccccc1. The molecule has 0 saturated heterocycles. The third-order valence-corrected chi connectivity index (χ3v) is 22.8. The molecule has 0 aromatic heterocycles. The van der Waals surface area contributed by atoms with Crippen molar-refractivity contribution in [3.05, 3.63) is 287 Å². The average molecular weight is 841 g/mol. The lowest BCUT2D eigenvalue weighted by atomic mass is 9.89. The van der Waals surface area contributed by atoms with Crippen molar-refractivity contribution >= 4 is 59.2 Å². The monoisotopic (exact) mass is 840 g/mol. The van der Waals surface area contributed by atoms with Crippen LogP contribution in [0.15, 0.2) is 243 Å². The van der Waals surface area contributed by atoms with Crippen molar-refractivity contribution in [2.45, 2.75) is 31.6 Å². The van der Waals surface area contributed by atoms with Crippen LogP contribution in [0.5, 0.6) is 0 Å². The van der Waals surface area contributed by atoms with Crippen LogP contribution in [-0.2, 0) is 0 Å². The Morgan fingerprint density at radius 2 is 0.381 bits per heavy atom. The Morgan fingerprint density at radius 1 is 0.222 bits per heavy atom. The van der Waals surface area contributed by atoms with Crippen LogP contribution in [0.1, 0.15) is 50.9 Å². The molecule has 0 radical (unpaired) electrons. The highest BCUT2D eigenvalue weighted by molar-refractivity contribution is 7.15. The van der Waals surface area contributed by atoms with Gasteiger partial charge in [-0.05, 0) is 99.7 Å². The van der Waals surface area contributed by atoms with Crippen molar-refractivity contribution in [2.75, 3.05) is 0 Å². The maximum Gasteiger partial charge on any atom is 0.118 e. The van der Waals surface area contributed by atoms with E-state index in [1.807, 2.05) is 0 Å². The predicted molar refractivity (Wildman–Crippen MR) is 276 cm³/mol. The van der Waals surface area contributed by atoms with Crippen molar-refractivity contribution < 1.29 is 0 Å². The van der Waals surface area contributed by atoms with Crippen molar-refractivity contribution in [1.82, 2.24) is 0 Å². The van der Waals surface area contributed by atoms with Gasteiger partial charge in [-0.2, -0.15) is 0 Å². The summed E-state index contributed by atoms with van der Waals surface area (Å²) >= 11 is 0. The number of allylic oxidation sites excluding steroid dienone is 4. The minimum absolute atomic E-state index is 1.11. The van der Waals surface area contributed by atoms with E-state index in [4.69, 9.17) is 0 Å². The molecule has 0 nitrogen and oxygen atoms in total. The first-order valence-electron chi connectivity index (χ1n) is 22.5. The molecule has 0 amide bonds. The Hall–Kier alpha value is -6.85. The van der Waals surface area contributed by atoms with Crippen LogP contribution in [0.4, 0.5) is 0 Å². The molecule has 0 bridgehead atoms. The van der Waals surface area contributed by atoms with Gasteiger partial charge in [-0.1, -0.05) is 262 Å². The molecule has 2 heteroatoms. The first kappa shape index (κ1) is 40.2. The topological polar surface area (TPSA) is 0 Å². The fraction of sp³-hybridized carbons (Fsp3) is 0.0820. The first-order valence-corrected chi connectivity index (χ1v) is 27.9. The van der Waals surface area contributed by atoms with E-state index in [1.54, 1.807) is 20.8 Å². The molecule has 0 N–H and O–H groups in total. The first-order chi connectivity index (χ1) is 31.1. The summed E-state index contributed by atoms with van der Waals surface area (Å²) < 4.78 is 0. The van der Waals surface area contributed by atoms with Gasteiger partial charge in [0.2, 0.25) is 0 Å². The van der Waals surface area contributed by atoms with Crippen LogP contribution in [0.3, 0.4) is 0 Å². The Kier molecular flexibility index (Phi) is 11.2. The molecule has 304 valence electrons. The average Bonchev–Trinajstić information content (AvgIpc) is 3.79. The van der Waals surface area contributed by atoms with Gasteiger partial charge in [0.05, 0.1) is 0 Å². The zero-order valence-electron chi connectivity index (χ0n) is 36.2. The Balaban J connectivity index is 1.21. The quantitative estimate of drug-likeness (QED) is 0.108. The zero-order valence-corrected chi connectivity index (χ0v) is 38.2. The molecule has 0 spiro atoms. The minimum Gasteiger partial charge on any atom is -0.0622 e. The van der Waals surface area contributed by atoms with Gasteiger partial charge < -0.3 is 0 Å². The van der Waals surface area contributed by atoms with E-state index in [9.17, 15) is 0 Å². The van der Waals surface area contributed by atoms with E-state index in [-0.39, 0.29) is 0 Å². The molecule has 0 saturated carbocycles. The fourth-order valence-electron chi connectivity index (χ4n) is 11.0. The van der Waals surface area contributed by atoms with Gasteiger partial charge in [-0.3, -0.25) is 0 Å². The van der Waals surface area contributed by atoms with Gasteiger partial charge in [0, 0.05) is 0 Å². The van der Waals surface area contributed by atoms with Gasteiger partial charge >= 0.3 is 0 Å². The second kappa shape index (κ2) is 17.5. The molecular formula is C61H52Si2. The third kappa shape index (κ3) is 7.40. The molecule has 8 aromatic rings. The zero-order chi connectivity index (χ0) is 42.6. The molecule has 10 rings (SSSR count). The van der Waals surface area contributed by atoms with E-state index in [0.29, 0.717) is 0 Å². The highest BCUT2D eigenvalue weighted by Crippen LogP contribution is 2.60. The summed E-state index contributed by atoms with van der Waals surface area (Å²) in [6.45, 7) is 5.39. The third-order valence-electron chi connectivity index (χ3n) is 13.6. The van der Waals surface area contributed by atoms with Gasteiger partial charge in [0.15, 0.2) is 0 Å². The van der Waals surface area contributed by atoms with E-state index < -0.39 is 16.1 Å². The standard InChI is InChI=1S/C61H52Si2/c1-62(58(50-36-19-7-20-37-50)54(46-28-11-3-12-29-46)55(47-30-13-4-14-31-47)59(62)51-38-21-8-22-39-51)44-27-45-63(2)60(52-40-23-9-24-41-52)56(48-32-15-5-16-33-48)57(49-34-17-6-18-35-49)61(63)53-42-25-10-26-43-53/h3-26,28-43H,27,44-45H2,1-2H3. The molecule has 0 fully saturated rings. The molecule has 2 aliphatic heterocycles. The van der Waals surface area contributed by atoms with Crippen molar-refractivity contribution in [1.29, 1.82) is 0 Å². The largest absolute Gasteiger partial charge is 0.118 e. The fourth-order valence-corrected chi connectivity index (χ4v) is 21.1. The lowest BCUT2D eigenvalue weighted by Gasteiger charge is -2.35. The summed E-state index contributed by atoms with van der Waals surface area (Å²) in [4.78, 5) is 0. The Labute approximate surface area is 376 Å². The number of benzene rings is 8. The molecule has 0 atom stereocenters. The summed E-state index contributed by atoms with van der Waals surface area (Å²) in [5.74, 6) is 0. The van der Waals surface area contributed by atoms with Crippen LogP contribution in [-0.4, -0.2) is 16.1 Å². The summed E-state index contributed by atoms with van der Waals surface area (Å²) in [6, 6.07) is 92.7. The number of hydrogen-bond donors (Lipinski definition) is 0. The maximum atomic E-state index is 2.70. The predicted octanol–water partition coefficient (Wildman–Crippen LogP) is 16.2. The molecule has 0 unspecified atom stereocenters. The van der Waals surface area contributed by atoms with Gasteiger partial charge in [-0.25, -0.2) is 0 Å². The maximum absolute atomic E-state index is 2.70. The molecule has 2 aliphatic rings. The van der Waals surface area contributed by atoms with E-state index in [2.05, 4.69) is 256 Å². The van der Waals surface area contributed by atoms with Crippen LogP contribution in [0.2, 0.25) is 25.2 Å².